The van der Waals surface area contributed by atoms with E-state index in [4.69, 9.17) is 0 Å². The molecule has 17 heavy (non-hydrogen) atoms. The first kappa shape index (κ1) is 14.0. The number of halogens is 1. The molecule has 1 rings (SSSR count). The van der Waals surface area contributed by atoms with E-state index in [0.29, 0.717) is 5.56 Å². The van der Waals surface area contributed by atoms with Crippen LogP contribution in [-0.4, -0.2) is 30.1 Å². The largest absolute Gasteiger partial charge is 0.464 e. The van der Waals surface area contributed by atoms with Crippen LogP contribution in [0.15, 0.2) is 29.2 Å². The van der Waals surface area contributed by atoms with E-state index in [0.717, 1.165) is 4.90 Å². The zero-order valence-electron chi connectivity index (χ0n) is 9.72. The molecule has 1 N–H and O–H groups in total. The molecule has 2 unspecified atom stereocenters. The fourth-order valence-corrected chi connectivity index (χ4v) is 1.73. The molecule has 1 aromatic carbocycles. The maximum atomic E-state index is 13.5. The third kappa shape index (κ3) is 3.71. The number of hydrogen-bond donors (Lipinski definition) is 1. The van der Waals surface area contributed by atoms with Gasteiger partial charge >= 0.3 is 5.97 Å². The fraction of sp³-hybridized carbons (Fsp3) is 0.417. The van der Waals surface area contributed by atoms with Crippen LogP contribution in [0.4, 0.5) is 4.39 Å². The molecule has 0 heterocycles. The topological polar surface area (TPSA) is 46.5 Å². The maximum absolute atomic E-state index is 13.5. The number of thioether (sulfide) groups is 1. The zero-order valence-corrected chi connectivity index (χ0v) is 10.5. The van der Waals surface area contributed by atoms with Gasteiger partial charge in [0.05, 0.1) is 6.61 Å². The second kappa shape index (κ2) is 6.61. The van der Waals surface area contributed by atoms with Crippen LogP contribution in [0.3, 0.4) is 0 Å². The predicted molar refractivity (Wildman–Crippen MR) is 64.7 cm³/mol. The van der Waals surface area contributed by atoms with E-state index in [1.165, 1.54) is 0 Å². The lowest BCUT2D eigenvalue weighted by molar-refractivity contribution is -0.153. The highest BCUT2D eigenvalue weighted by Gasteiger charge is 2.28. The first-order valence-electron chi connectivity index (χ1n) is 5.22. The van der Waals surface area contributed by atoms with Crippen molar-refractivity contribution in [1.29, 1.82) is 0 Å². The molecule has 0 bridgehead atoms. The molecule has 1 aromatic rings. The summed E-state index contributed by atoms with van der Waals surface area (Å²) in [7, 11) is 0. The van der Waals surface area contributed by atoms with E-state index >= 15 is 0 Å². The lowest BCUT2D eigenvalue weighted by Crippen LogP contribution is -2.26. The molecule has 3 nitrogen and oxygen atoms in total. The van der Waals surface area contributed by atoms with Crippen molar-refractivity contribution >= 4 is 17.7 Å². The van der Waals surface area contributed by atoms with Gasteiger partial charge in [0.15, 0.2) is 0 Å². The van der Waals surface area contributed by atoms with Crippen LogP contribution >= 0.6 is 11.8 Å². The molecule has 0 aliphatic heterocycles. The summed E-state index contributed by atoms with van der Waals surface area (Å²) in [5, 5.41) is 9.67. The lowest BCUT2D eigenvalue weighted by Gasteiger charge is -2.15. The van der Waals surface area contributed by atoms with E-state index in [9.17, 15) is 14.3 Å². The van der Waals surface area contributed by atoms with E-state index in [2.05, 4.69) is 4.74 Å². The molecule has 5 heteroatoms. The molecule has 94 valence electrons. The number of esters is 1. The van der Waals surface area contributed by atoms with Gasteiger partial charge < -0.3 is 9.84 Å². The molecular weight excluding hydrogens is 243 g/mol. The van der Waals surface area contributed by atoms with Crippen molar-refractivity contribution < 1.29 is 19.0 Å². The van der Waals surface area contributed by atoms with Gasteiger partial charge in [0.25, 0.3) is 0 Å². The number of aliphatic hydroxyl groups excluding tert-OH is 1. The van der Waals surface area contributed by atoms with Crippen LogP contribution < -0.4 is 0 Å². The quantitative estimate of drug-likeness (QED) is 0.650. The van der Waals surface area contributed by atoms with Gasteiger partial charge in [0, 0.05) is 4.90 Å². The summed E-state index contributed by atoms with van der Waals surface area (Å²) in [5.74, 6) is -1.03. The third-order valence-electron chi connectivity index (χ3n) is 2.25. The molecule has 0 saturated heterocycles. The van der Waals surface area contributed by atoms with Crippen molar-refractivity contribution in [2.75, 3.05) is 12.9 Å². The molecule has 0 amide bonds. The Morgan fingerprint density at radius 2 is 2.06 bits per heavy atom. The lowest BCUT2D eigenvalue weighted by atomic mass is 10.1. The predicted octanol–water partition coefficient (Wildman–Crippen LogP) is 2.34. The van der Waals surface area contributed by atoms with Crippen molar-refractivity contribution in [3.8, 4) is 0 Å². The highest BCUT2D eigenvalue weighted by Crippen LogP contribution is 2.23. The molecule has 0 aliphatic rings. The first-order chi connectivity index (χ1) is 8.10. The van der Waals surface area contributed by atoms with Crippen molar-refractivity contribution in [3.05, 3.63) is 29.8 Å². The number of hydrogen-bond acceptors (Lipinski definition) is 4. The summed E-state index contributed by atoms with van der Waals surface area (Å²) in [5.41, 5.74) is 0.364. The average Bonchev–Trinajstić information content (AvgIpc) is 2.37. The highest BCUT2D eigenvalue weighted by atomic mass is 32.2. The van der Waals surface area contributed by atoms with Gasteiger partial charge in [-0.2, -0.15) is 0 Å². The molecule has 0 aromatic heterocycles. The van der Waals surface area contributed by atoms with E-state index in [1.54, 1.807) is 43.0 Å². The van der Waals surface area contributed by atoms with Gasteiger partial charge in [0.1, 0.15) is 6.10 Å². The van der Waals surface area contributed by atoms with E-state index < -0.39 is 18.2 Å². The fourth-order valence-electron chi connectivity index (χ4n) is 1.32. The van der Waals surface area contributed by atoms with Gasteiger partial charge in [-0.1, -0.05) is 12.1 Å². The van der Waals surface area contributed by atoms with Crippen LogP contribution in [0.1, 0.15) is 18.6 Å². The Hall–Kier alpha value is -1.07. The van der Waals surface area contributed by atoms with Crippen LogP contribution in [0.5, 0.6) is 0 Å². The standard InChI is InChI=1S/C12H15FO3S/c1-3-16-12(15)10(13)11(14)8-4-6-9(17-2)7-5-8/h4-7,10-11,14H,3H2,1-2H3. The Balaban J connectivity index is 2.73. The summed E-state index contributed by atoms with van der Waals surface area (Å²) in [6, 6.07) is 6.73. The molecule has 0 radical (unpaired) electrons. The normalized spacial score (nSPS) is 14.1. The monoisotopic (exact) mass is 258 g/mol. The Bertz CT molecular complexity index is 367. The van der Waals surface area contributed by atoms with Crippen molar-refractivity contribution in [2.45, 2.75) is 24.1 Å². The Morgan fingerprint density at radius 1 is 1.47 bits per heavy atom. The smallest absolute Gasteiger partial charge is 0.343 e. The highest BCUT2D eigenvalue weighted by molar-refractivity contribution is 7.98. The SMILES string of the molecule is CCOC(=O)C(F)C(O)c1ccc(SC)cc1. The van der Waals surface area contributed by atoms with Gasteiger partial charge in [-0.25, -0.2) is 9.18 Å². The van der Waals surface area contributed by atoms with Gasteiger partial charge in [-0.05, 0) is 30.9 Å². The van der Waals surface area contributed by atoms with Crippen LogP contribution in [0.25, 0.3) is 0 Å². The van der Waals surface area contributed by atoms with Crippen LogP contribution in [0.2, 0.25) is 0 Å². The summed E-state index contributed by atoms with van der Waals surface area (Å²) < 4.78 is 18.0. The minimum Gasteiger partial charge on any atom is -0.464 e. The van der Waals surface area contributed by atoms with Gasteiger partial charge in [-0.15, -0.1) is 11.8 Å². The Labute approximate surface area is 104 Å². The van der Waals surface area contributed by atoms with Gasteiger partial charge in [-0.3, -0.25) is 0 Å². The van der Waals surface area contributed by atoms with Crippen molar-refractivity contribution in [3.63, 3.8) is 0 Å². The zero-order chi connectivity index (χ0) is 12.8. The minimum atomic E-state index is -2.05. The van der Waals surface area contributed by atoms with Gasteiger partial charge in [0.2, 0.25) is 6.17 Å². The number of alkyl halides is 1. The number of rotatable bonds is 5. The number of aliphatic hydroxyl groups is 1. The molecule has 0 saturated carbocycles. The number of carbonyl (C=O) groups excluding carboxylic acids is 1. The first-order valence-corrected chi connectivity index (χ1v) is 6.45. The van der Waals surface area contributed by atoms with E-state index in [-0.39, 0.29) is 6.61 Å². The molecule has 2 atom stereocenters. The molecule has 0 spiro atoms. The van der Waals surface area contributed by atoms with Crippen molar-refractivity contribution in [1.82, 2.24) is 0 Å². The summed E-state index contributed by atoms with van der Waals surface area (Å²) in [4.78, 5) is 12.1. The van der Waals surface area contributed by atoms with Crippen LogP contribution in [-0.2, 0) is 9.53 Å². The summed E-state index contributed by atoms with van der Waals surface area (Å²) in [6.45, 7) is 1.68. The Morgan fingerprint density at radius 3 is 2.53 bits per heavy atom. The van der Waals surface area contributed by atoms with E-state index in [1.807, 2.05) is 6.26 Å². The molecular formula is C12H15FO3S. The molecule has 0 aliphatic carbocycles. The summed E-state index contributed by atoms with van der Waals surface area (Å²) in [6.07, 6.45) is -1.61. The number of carbonyl (C=O) groups is 1. The number of ether oxygens (including phenoxy) is 1. The maximum Gasteiger partial charge on any atom is 0.343 e. The molecule has 0 fully saturated rings. The minimum absolute atomic E-state index is 0.0946. The number of benzene rings is 1. The van der Waals surface area contributed by atoms with Crippen LogP contribution in [0, 0.1) is 0 Å². The summed E-state index contributed by atoms with van der Waals surface area (Å²) >= 11 is 1.55. The Kier molecular flexibility index (Phi) is 5.44. The average molecular weight is 258 g/mol. The second-order valence-electron chi connectivity index (χ2n) is 3.37. The third-order valence-corrected chi connectivity index (χ3v) is 2.99. The van der Waals surface area contributed by atoms with Crippen molar-refractivity contribution in [2.24, 2.45) is 0 Å². The second-order valence-corrected chi connectivity index (χ2v) is 4.25.